The number of ether oxygens (including phenoxy) is 2. The molecule has 104 valence electrons. The molecule has 0 N–H and O–H groups in total. The van der Waals surface area contributed by atoms with Gasteiger partial charge in [-0.2, -0.15) is 0 Å². The standard InChI is InChI=1S/C18H20O2/c1-3-11-19-17-9-5-7-15(13-17)16-8-6-10-18(14-16)20-12-4-2/h5-6,9-10,13-14H,3-4,11-12H2,1-2H3. The van der Waals surface area contributed by atoms with Gasteiger partial charge in [0, 0.05) is 0 Å². The van der Waals surface area contributed by atoms with Gasteiger partial charge in [0.15, 0.2) is 0 Å². The Hall–Kier alpha value is -1.96. The molecule has 0 amide bonds. The molecule has 0 aliphatic carbocycles. The summed E-state index contributed by atoms with van der Waals surface area (Å²) in [5, 5.41) is 0. The van der Waals surface area contributed by atoms with Crippen LogP contribution in [0.2, 0.25) is 0 Å². The molecule has 0 aliphatic heterocycles. The summed E-state index contributed by atoms with van der Waals surface area (Å²) < 4.78 is 11.3. The fourth-order valence-corrected chi connectivity index (χ4v) is 1.82. The maximum Gasteiger partial charge on any atom is 0.119 e. The van der Waals surface area contributed by atoms with E-state index < -0.39 is 0 Å². The third kappa shape index (κ3) is 4.02. The van der Waals surface area contributed by atoms with Crippen LogP contribution in [0.1, 0.15) is 26.7 Å². The first kappa shape index (κ1) is 14.4. The monoisotopic (exact) mass is 268 g/mol. The molecule has 0 unspecified atom stereocenters. The fraction of sp³-hybridized carbons (Fsp3) is 0.333. The Balaban J connectivity index is 2.17. The Kier molecular flexibility index (Phi) is 5.48. The van der Waals surface area contributed by atoms with Gasteiger partial charge < -0.3 is 9.47 Å². The topological polar surface area (TPSA) is 18.5 Å². The Labute approximate surface area is 121 Å². The molecule has 2 aromatic rings. The summed E-state index contributed by atoms with van der Waals surface area (Å²) in [5.41, 5.74) is 1.95. The molecule has 0 saturated carbocycles. The minimum Gasteiger partial charge on any atom is -0.494 e. The van der Waals surface area contributed by atoms with Crippen molar-refractivity contribution >= 4 is 0 Å². The SMILES string of the molecule is CCCOc1cc[c]c(-c2[c]ccc(OCCC)c2)c1. The predicted molar refractivity (Wildman–Crippen MR) is 81.1 cm³/mol. The van der Waals surface area contributed by atoms with Crippen molar-refractivity contribution in [2.75, 3.05) is 13.2 Å². The molecule has 2 radical (unpaired) electrons. The average molecular weight is 268 g/mol. The van der Waals surface area contributed by atoms with Gasteiger partial charge in [0.1, 0.15) is 11.5 Å². The van der Waals surface area contributed by atoms with Crippen LogP contribution in [-0.2, 0) is 0 Å². The van der Waals surface area contributed by atoms with Crippen molar-refractivity contribution in [3.63, 3.8) is 0 Å². The summed E-state index contributed by atoms with van der Waals surface area (Å²) in [6.07, 6.45) is 2.00. The second-order valence-electron chi connectivity index (χ2n) is 4.57. The molecular weight excluding hydrogens is 248 g/mol. The zero-order chi connectivity index (χ0) is 14.2. The summed E-state index contributed by atoms with van der Waals surface area (Å²) >= 11 is 0. The van der Waals surface area contributed by atoms with Crippen LogP contribution < -0.4 is 9.47 Å². The first-order chi connectivity index (χ1) is 9.83. The molecule has 2 heteroatoms. The molecule has 0 saturated heterocycles. The first-order valence-electron chi connectivity index (χ1n) is 7.13. The predicted octanol–water partition coefficient (Wildman–Crippen LogP) is 4.53. The van der Waals surface area contributed by atoms with E-state index in [2.05, 4.69) is 26.0 Å². The van der Waals surface area contributed by atoms with Gasteiger partial charge in [0.25, 0.3) is 0 Å². The van der Waals surface area contributed by atoms with Crippen LogP contribution in [-0.4, -0.2) is 13.2 Å². The maximum atomic E-state index is 5.65. The highest BCUT2D eigenvalue weighted by atomic mass is 16.5. The van der Waals surface area contributed by atoms with E-state index in [1.165, 1.54) is 0 Å². The van der Waals surface area contributed by atoms with Crippen molar-refractivity contribution in [3.8, 4) is 22.6 Å². The Morgan fingerprint density at radius 1 is 0.800 bits per heavy atom. The van der Waals surface area contributed by atoms with Crippen molar-refractivity contribution in [1.29, 1.82) is 0 Å². The van der Waals surface area contributed by atoms with E-state index in [9.17, 15) is 0 Å². The lowest BCUT2D eigenvalue weighted by molar-refractivity contribution is 0.317. The van der Waals surface area contributed by atoms with E-state index in [1.54, 1.807) is 0 Å². The molecule has 0 aliphatic rings. The third-order valence-electron chi connectivity index (χ3n) is 2.78. The minimum atomic E-state index is 0.729. The largest absolute Gasteiger partial charge is 0.494 e. The molecule has 0 atom stereocenters. The van der Waals surface area contributed by atoms with Crippen LogP contribution in [0, 0.1) is 12.1 Å². The molecule has 20 heavy (non-hydrogen) atoms. The lowest BCUT2D eigenvalue weighted by Gasteiger charge is -2.09. The quantitative estimate of drug-likeness (QED) is 0.734. The van der Waals surface area contributed by atoms with Crippen LogP contribution in [0.25, 0.3) is 11.1 Å². The van der Waals surface area contributed by atoms with E-state index in [0.717, 1.165) is 48.7 Å². The number of rotatable bonds is 7. The highest BCUT2D eigenvalue weighted by Gasteiger charge is 2.03. The lowest BCUT2D eigenvalue weighted by Crippen LogP contribution is -1.96. The molecular formula is C18H20O2. The molecule has 0 spiro atoms. The van der Waals surface area contributed by atoms with Gasteiger partial charge in [-0.1, -0.05) is 26.0 Å². The normalized spacial score (nSPS) is 10.3. The third-order valence-corrected chi connectivity index (χ3v) is 2.78. The lowest BCUT2D eigenvalue weighted by atomic mass is 10.1. The van der Waals surface area contributed by atoms with Gasteiger partial charge in [-0.3, -0.25) is 0 Å². The molecule has 0 aromatic heterocycles. The number of hydrogen-bond acceptors (Lipinski definition) is 2. The average Bonchev–Trinajstić information content (AvgIpc) is 2.51. The van der Waals surface area contributed by atoms with Gasteiger partial charge in [-0.15, -0.1) is 0 Å². The highest BCUT2D eigenvalue weighted by Crippen LogP contribution is 2.26. The van der Waals surface area contributed by atoms with Gasteiger partial charge in [0.2, 0.25) is 0 Å². The number of hydrogen-bond donors (Lipinski definition) is 0. The summed E-state index contributed by atoms with van der Waals surface area (Å²) in [5.74, 6) is 1.74. The summed E-state index contributed by atoms with van der Waals surface area (Å²) in [6.45, 7) is 5.65. The van der Waals surface area contributed by atoms with Crippen LogP contribution in [0.5, 0.6) is 11.5 Å². The smallest absolute Gasteiger partial charge is 0.119 e. The van der Waals surface area contributed by atoms with Crippen molar-refractivity contribution in [2.45, 2.75) is 26.7 Å². The van der Waals surface area contributed by atoms with Crippen molar-refractivity contribution in [2.24, 2.45) is 0 Å². The van der Waals surface area contributed by atoms with Gasteiger partial charge in [-0.25, -0.2) is 0 Å². The van der Waals surface area contributed by atoms with Crippen LogP contribution in [0.3, 0.4) is 0 Å². The van der Waals surface area contributed by atoms with E-state index in [4.69, 9.17) is 9.47 Å². The molecule has 0 heterocycles. The highest BCUT2D eigenvalue weighted by molar-refractivity contribution is 5.65. The zero-order valence-electron chi connectivity index (χ0n) is 12.1. The van der Waals surface area contributed by atoms with E-state index >= 15 is 0 Å². The summed E-state index contributed by atoms with van der Waals surface area (Å²) in [7, 11) is 0. The van der Waals surface area contributed by atoms with Crippen molar-refractivity contribution < 1.29 is 9.47 Å². The maximum absolute atomic E-state index is 5.65. The molecule has 0 fully saturated rings. The van der Waals surface area contributed by atoms with Gasteiger partial charge in [0.05, 0.1) is 13.2 Å². The second kappa shape index (κ2) is 7.59. The van der Waals surface area contributed by atoms with Crippen molar-refractivity contribution in [3.05, 3.63) is 48.5 Å². The molecule has 0 bridgehead atoms. The fourth-order valence-electron chi connectivity index (χ4n) is 1.82. The zero-order valence-corrected chi connectivity index (χ0v) is 12.1. The van der Waals surface area contributed by atoms with Crippen molar-refractivity contribution in [1.82, 2.24) is 0 Å². The Morgan fingerprint density at radius 3 is 1.65 bits per heavy atom. The summed E-state index contributed by atoms with van der Waals surface area (Å²) in [4.78, 5) is 0. The second-order valence-corrected chi connectivity index (χ2v) is 4.57. The minimum absolute atomic E-state index is 0.729. The molecule has 2 rings (SSSR count). The Bertz CT molecular complexity index is 485. The Morgan fingerprint density at radius 2 is 1.25 bits per heavy atom. The molecule has 2 aromatic carbocycles. The van der Waals surface area contributed by atoms with Crippen LogP contribution in [0.15, 0.2) is 36.4 Å². The molecule has 2 nitrogen and oxygen atoms in total. The first-order valence-corrected chi connectivity index (χ1v) is 7.13. The van der Waals surface area contributed by atoms with E-state index in [-0.39, 0.29) is 0 Å². The van der Waals surface area contributed by atoms with E-state index in [0.29, 0.717) is 0 Å². The summed E-state index contributed by atoms with van der Waals surface area (Å²) in [6, 6.07) is 18.0. The van der Waals surface area contributed by atoms with Gasteiger partial charge in [-0.05, 0) is 60.4 Å². The number of benzene rings is 2. The van der Waals surface area contributed by atoms with Gasteiger partial charge >= 0.3 is 0 Å². The van der Waals surface area contributed by atoms with Crippen LogP contribution in [0.4, 0.5) is 0 Å². The van der Waals surface area contributed by atoms with E-state index in [1.807, 2.05) is 36.4 Å². The van der Waals surface area contributed by atoms with Crippen LogP contribution >= 0.6 is 0 Å².